The standard InChI is InChI=1S/C11H20N2O.ClH/c12-10-6-7-13(8-10)11(14)9-4-2-1-3-5-9;/h9-10H,1-8,12H2;1H. The Bertz CT molecular complexity index is 210. The van der Waals surface area contributed by atoms with Gasteiger partial charge in [-0.15, -0.1) is 12.4 Å². The SMILES string of the molecule is Cl.NC1CCN(C(=O)C2CCCCC2)C1. The van der Waals surface area contributed by atoms with Gasteiger partial charge in [0.2, 0.25) is 5.91 Å². The van der Waals surface area contributed by atoms with Crippen LogP contribution in [0.25, 0.3) is 0 Å². The van der Waals surface area contributed by atoms with Crippen molar-refractivity contribution in [2.45, 2.75) is 44.6 Å². The molecule has 2 fully saturated rings. The van der Waals surface area contributed by atoms with E-state index in [-0.39, 0.29) is 18.4 Å². The maximum Gasteiger partial charge on any atom is 0.225 e. The van der Waals surface area contributed by atoms with E-state index in [0.29, 0.717) is 11.8 Å². The first-order valence-electron chi connectivity index (χ1n) is 5.82. The fraction of sp³-hybridized carbons (Fsp3) is 0.909. The molecule has 1 unspecified atom stereocenters. The normalized spacial score (nSPS) is 27.5. The maximum atomic E-state index is 12.0. The van der Waals surface area contributed by atoms with Crippen LogP contribution in [0.15, 0.2) is 0 Å². The second-order valence-electron chi connectivity index (χ2n) is 4.67. The van der Waals surface area contributed by atoms with Gasteiger partial charge in [0.15, 0.2) is 0 Å². The minimum atomic E-state index is 0. The Balaban J connectivity index is 0.00000112. The van der Waals surface area contributed by atoms with Crippen molar-refractivity contribution in [3.8, 4) is 0 Å². The molecule has 15 heavy (non-hydrogen) atoms. The quantitative estimate of drug-likeness (QED) is 0.746. The third-order valence-electron chi connectivity index (χ3n) is 3.49. The number of nitrogens with two attached hydrogens (primary N) is 1. The van der Waals surface area contributed by atoms with Crippen LogP contribution in [0.3, 0.4) is 0 Å². The summed E-state index contributed by atoms with van der Waals surface area (Å²) < 4.78 is 0. The molecule has 0 aromatic rings. The molecule has 0 aromatic carbocycles. The summed E-state index contributed by atoms with van der Waals surface area (Å²) in [6, 6.07) is 0.225. The summed E-state index contributed by atoms with van der Waals surface area (Å²) in [6.07, 6.45) is 6.96. The average molecular weight is 233 g/mol. The molecule has 0 aromatic heterocycles. The summed E-state index contributed by atoms with van der Waals surface area (Å²) in [6.45, 7) is 1.67. The molecule has 3 nitrogen and oxygen atoms in total. The first-order chi connectivity index (χ1) is 6.77. The van der Waals surface area contributed by atoms with E-state index in [1.54, 1.807) is 0 Å². The van der Waals surface area contributed by atoms with E-state index in [1.165, 1.54) is 19.3 Å². The van der Waals surface area contributed by atoms with Gasteiger partial charge in [-0.05, 0) is 19.3 Å². The van der Waals surface area contributed by atoms with Gasteiger partial charge in [0, 0.05) is 25.0 Å². The van der Waals surface area contributed by atoms with Crippen LogP contribution in [0.4, 0.5) is 0 Å². The fourth-order valence-electron chi connectivity index (χ4n) is 2.60. The summed E-state index contributed by atoms with van der Waals surface area (Å²) >= 11 is 0. The Morgan fingerprint density at radius 1 is 1.13 bits per heavy atom. The van der Waals surface area contributed by atoms with Gasteiger partial charge in [-0.25, -0.2) is 0 Å². The molecule has 2 rings (SSSR count). The van der Waals surface area contributed by atoms with Crippen LogP contribution in [-0.4, -0.2) is 29.9 Å². The largest absolute Gasteiger partial charge is 0.341 e. The van der Waals surface area contributed by atoms with Crippen LogP contribution in [0.2, 0.25) is 0 Å². The zero-order chi connectivity index (χ0) is 9.97. The van der Waals surface area contributed by atoms with E-state index in [1.807, 2.05) is 4.90 Å². The Kier molecular flexibility index (Phi) is 4.87. The number of hydrogen-bond acceptors (Lipinski definition) is 2. The fourth-order valence-corrected chi connectivity index (χ4v) is 2.60. The van der Waals surface area contributed by atoms with E-state index >= 15 is 0 Å². The predicted octanol–water partition coefficient (Wildman–Crippen LogP) is 1.55. The smallest absolute Gasteiger partial charge is 0.225 e. The van der Waals surface area contributed by atoms with Crippen LogP contribution in [-0.2, 0) is 4.79 Å². The first-order valence-corrected chi connectivity index (χ1v) is 5.82. The second kappa shape index (κ2) is 5.71. The van der Waals surface area contributed by atoms with E-state index in [9.17, 15) is 4.79 Å². The van der Waals surface area contributed by atoms with Gasteiger partial charge in [0.1, 0.15) is 0 Å². The molecule has 2 N–H and O–H groups in total. The van der Waals surface area contributed by atoms with Crippen LogP contribution < -0.4 is 5.73 Å². The third-order valence-corrected chi connectivity index (χ3v) is 3.49. The monoisotopic (exact) mass is 232 g/mol. The molecule has 1 aliphatic heterocycles. The van der Waals surface area contributed by atoms with Gasteiger partial charge in [-0.1, -0.05) is 19.3 Å². The molecule has 0 bridgehead atoms. The molecular formula is C11H21ClN2O. The molecule has 1 saturated heterocycles. The lowest BCUT2D eigenvalue weighted by Crippen LogP contribution is -2.37. The van der Waals surface area contributed by atoms with Crippen LogP contribution in [0.1, 0.15) is 38.5 Å². The van der Waals surface area contributed by atoms with Gasteiger partial charge in [0.25, 0.3) is 0 Å². The minimum absolute atomic E-state index is 0. The summed E-state index contributed by atoms with van der Waals surface area (Å²) in [5.41, 5.74) is 5.80. The van der Waals surface area contributed by atoms with Crippen molar-refractivity contribution in [2.24, 2.45) is 11.7 Å². The maximum absolute atomic E-state index is 12.0. The molecule has 0 spiro atoms. The summed E-state index contributed by atoms with van der Waals surface area (Å²) in [4.78, 5) is 14.0. The van der Waals surface area contributed by atoms with Gasteiger partial charge in [0.05, 0.1) is 0 Å². The van der Waals surface area contributed by atoms with Crippen molar-refractivity contribution >= 4 is 18.3 Å². The average Bonchev–Trinajstić information content (AvgIpc) is 2.65. The Hall–Kier alpha value is -0.280. The number of rotatable bonds is 1. The molecule has 4 heteroatoms. The number of carbonyl (C=O) groups excluding carboxylic acids is 1. The van der Waals surface area contributed by atoms with E-state index in [0.717, 1.165) is 32.4 Å². The first kappa shape index (κ1) is 12.8. The third kappa shape index (κ3) is 3.08. The molecule has 88 valence electrons. The van der Waals surface area contributed by atoms with Crippen molar-refractivity contribution < 1.29 is 4.79 Å². The van der Waals surface area contributed by atoms with Crippen LogP contribution in [0.5, 0.6) is 0 Å². The number of nitrogens with zero attached hydrogens (tertiary/aromatic N) is 1. The van der Waals surface area contributed by atoms with Crippen LogP contribution in [0, 0.1) is 5.92 Å². The molecule has 0 radical (unpaired) electrons. The summed E-state index contributed by atoms with van der Waals surface area (Å²) in [5, 5.41) is 0. The van der Waals surface area contributed by atoms with Crippen molar-refractivity contribution in [1.29, 1.82) is 0 Å². The minimum Gasteiger partial charge on any atom is -0.341 e. The highest BCUT2D eigenvalue weighted by molar-refractivity contribution is 5.85. The molecule has 1 amide bonds. The molecule has 2 aliphatic rings. The van der Waals surface area contributed by atoms with Crippen molar-refractivity contribution in [1.82, 2.24) is 4.90 Å². The van der Waals surface area contributed by atoms with Crippen molar-refractivity contribution in [2.75, 3.05) is 13.1 Å². The van der Waals surface area contributed by atoms with Gasteiger partial charge < -0.3 is 10.6 Å². The summed E-state index contributed by atoms with van der Waals surface area (Å²) in [5.74, 6) is 0.687. The van der Waals surface area contributed by atoms with Crippen molar-refractivity contribution in [3.05, 3.63) is 0 Å². The highest BCUT2D eigenvalue weighted by atomic mass is 35.5. The molecule has 1 atom stereocenters. The Labute approximate surface area is 97.8 Å². The second-order valence-corrected chi connectivity index (χ2v) is 4.67. The Morgan fingerprint density at radius 2 is 1.80 bits per heavy atom. The molecule has 1 saturated carbocycles. The molecule has 1 aliphatic carbocycles. The number of carbonyl (C=O) groups is 1. The number of halogens is 1. The van der Waals surface area contributed by atoms with Crippen LogP contribution >= 0.6 is 12.4 Å². The zero-order valence-corrected chi connectivity index (χ0v) is 9.97. The van der Waals surface area contributed by atoms with Gasteiger partial charge >= 0.3 is 0 Å². The highest BCUT2D eigenvalue weighted by Crippen LogP contribution is 2.26. The molecular weight excluding hydrogens is 212 g/mol. The topological polar surface area (TPSA) is 46.3 Å². The Morgan fingerprint density at radius 3 is 2.33 bits per heavy atom. The van der Waals surface area contributed by atoms with Crippen molar-refractivity contribution in [3.63, 3.8) is 0 Å². The van der Waals surface area contributed by atoms with Gasteiger partial charge in [-0.3, -0.25) is 4.79 Å². The summed E-state index contributed by atoms with van der Waals surface area (Å²) in [7, 11) is 0. The number of amides is 1. The van der Waals surface area contributed by atoms with E-state index < -0.39 is 0 Å². The van der Waals surface area contributed by atoms with E-state index in [2.05, 4.69) is 0 Å². The number of hydrogen-bond donors (Lipinski definition) is 1. The zero-order valence-electron chi connectivity index (χ0n) is 9.15. The van der Waals surface area contributed by atoms with Gasteiger partial charge in [-0.2, -0.15) is 0 Å². The molecule has 1 heterocycles. The predicted molar refractivity (Wildman–Crippen MR) is 63.0 cm³/mol. The lowest BCUT2D eigenvalue weighted by atomic mass is 9.88. The lowest BCUT2D eigenvalue weighted by molar-refractivity contribution is -0.135. The van der Waals surface area contributed by atoms with E-state index in [4.69, 9.17) is 5.73 Å². The highest BCUT2D eigenvalue weighted by Gasteiger charge is 2.29. The lowest BCUT2D eigenvalue weighted by Gasteiger charge is -2.26. The number of likely N-dealkylation sites (tertiary alicyclic amines) is 1.